The molecular weight excluding hydrogens is 466 g/mol. The highest BCUT2D eigenvalue weighted by Gasteiger charge is 2.24. The fraction of sp³-hybridized carbons (Fsp3) is 0.333. The highest BCUT2D eigenvalue weighted by Crippen LogP contribution is 2.32. The van der Waals surface area contributed by atoms with Gasteiger partial charge in [-0.1, -0.05) is 63.2 Å². The van der Waals surface area contributed by atoms with E-state index in [9.17, 15) is 4.79 Å². The number of carboxylic acids is 1. The van der Waals surface area contributed by atoms with E-state index in [1.165, 1.54) is 33.3 Å². The molecule has 0 spiro atoms. The van der Waals surface area contributed by atoms with Crippen LogP contribution in [0.2, 0.25) is 0 Å². The van der Waals surface area contributed by atoms with Crippen molar-refractivity contribution < 1.29 is 9.90 Å². The molecule has 0 saturated carbocycles. The second-order valence-electron chi connectivity index (χ2n) is 10.6. The van der Waals surface area contributed by atoms with E-state index in [4.69, 9.17) is 10.1 Å². The minimum atomic E-state index is -0.735. The van der Waals surface area contributed by atoms with Crippen LogP contribution in [0.5, 0.6) is 0 Å². The topological polar surface area (TPSA) is 58.4 Å². The van der Waals surface area contributed by atoms with Gasteiger partial charge in [-0.15, -0.1) is 11.3 Å². The second kappa shape index (κ2) is 10.0. The zero-order valence-corrected chi connectivity index (χ0v) is 22.0. The summed E-state index contributed by atoms with van der Waals surface area (Å²) in [5, 5.41) is 13.6. The van der Waals surface area contributed by atoms with Crippen molar-refractivity contribution in [3.8, 4) is 0 Å². The second-order valence-corrected chi connectivity index (χ2v) is 11.5. The number of carboxylic acid groups (broad SMARTS) is 1. The molecule has 2 aromatic carbocycles. The van der Waals surface area contributed by atoms with Gasteiger partial charge in [0.25, 0.3) is 0 Å². The van der Waals surface area contributed by atoms with Crippen molar-refractivity contribution in [2.75, 3.05) is 13.1 Å². The summed E-state index contributed by atoms with van der Waals surface area (Å²) in [6.07, 6.45) is 5.38. The first-order chi connectivity index (χ1) is 17.3. The number of rotatable bonds is 7. The average molecular weight is 500 g/mol. The molecule has 1 aliphatic rings. The van der Waals surface area contributed by atoms with E-state index in [0.717, 1.165) is 36.8 Å². The van der Waals surface area contributed by atoms with E-state index in [0.29, 0.717) is 6.54 Å². The minimum absolute atomic E-state index is 0.0640. The normalized spacial score (nSPS) is 14.5. The highest BCUT2D eigenvalue weighted by atomic mass is 32.1. The lowest BCUT2D eigenvalue weighted by atomic mass is 9.93. The molecule has 4 aromatic rings. The number of para-hydroxylation sites is 1. The standard InChI is InChI=1S/C30H33N3O2S/c1-30(2,3)27-20-36-28(31-27)12-11-21-7-6-8-22(17-21)18-33-25-10-5-4-9-23(25)24-19-32(15-13-26(24)33)16-14-29(34)35/h4-12,17,20H,13-16,18-19H2,1-3H3,(H,34,35)/b12-11+. The van der Waals surface area contributed by atoms with Crippen LogP contribution in [0.1, 0.15) is 60.3 Å². The van der Waals surface area contributed by atoms with Crippen LogP contribution in [0.15, 0.2) is 53.9 Å². The van der Waals surface area contributed by atoms with Crippen molar-refractivity contribution in [1.29, 1.82) is 0 Å². The molecule has 5 rings (SSSR count). The summed E-state index contributed by atoms with van der Waals surface area (Å²) >= 11 is 1.69. The predicted octanol–water partition coefficient (Wildman–Crippen LogP) is 6.45. The van der Waals surface area contributed by atoms with Crippen molar-refractivity contribution in [2.45, 2.75) is 52.1 Å². The Hall–Kier alpha value is -3.22. The Balaban J connectivity index is 1.39. The van der Waals surface area contributed by atoms with E-state index in [1.54, 1.807) is 11.3 Å². The molecular formula is C30H33N3O2S. The molecule has 0 bridgehead atoms. The predicted molar refractivity (Wildman–Crippen MR) is 148 cm³/mol. The van der Waals surface area contributed by atoms with Gasteiger partial charge in [-0.05, 0) is 34.9 Å². The summed E-state index contributed by atoms with van der Waals surface area (Å²) in [5.41, 5.74) is 7.61. The van der Waals surface area contributed by atoms with Gasteiger partial charge >= 0.3 is 5.97 Å². The number of hydrogen-bond donors (Lipinski definition) is 1. The van der Waals surface area contributed by atoms with Crippen LogP contribution < -0.4 is 0 Å². The maximum Gasteiger partial charge on any atom is 0.304 e. The Morgan fingerprint density at radius 1 is 1.14 bits per heavy atom. The molecule has 5 nitrogen and oxygen atoms in total. The lowest BCUT2D eigenvalue weighted by molar-refractivity contribution is -0.137. The van der Waals surface area contributed by atoms with Crippen LogP contribution in [0.4, 0.5) is 0 Å². The summed E-state index contributed by atoms with van der Waals surface area (Å²) in [4.78, 5) is 18.1. The zero-order valence-electron chi connectivity index (χ0n) is 21.2. The fourth-order valence-electron chi connectivity index (χ4n) is 4.94. The van der Waals surface area contributed by atoms with E-state index in [2.05, 4.69) is 96.3 Å². The Morgan fingerprint density at radius 3 is 2.75 bits per heavy atom. The van der Waals surface area contributed by atoms with Gasteiger partial charge in [0.15, 0.2) is 0 Å². The highest BCUT2D eigenvalue weighted by molar-refractivity contribution is 7.10. The van der Waals surface area contributed by atoms with Gasteiger partial charge in [0.1, 0.15) is 5.01 Å². The van der Waals surface area contributed by atoms with Gasteiger partial charge in [0.2, 0.25) is 0 Å². The monoisotopic (exact) mass is 499 g/mol. The van der Waals surface area contributed by atoms with Gasteiger partial charge in [-0.2, -0.15) is 0 Å². The molecule has 0 radical (unpaired) electrons. The Labute approximate surface area is 216 Å². The molecule has 0 aliphatic carbocycles. The van der Waals surface area contributed by atoms with Gasteiger partial charge in [0, 0.05) is 60.0 Å². The summed E-state index contributed by atoms with van der Waals surface area (Å²) in [6.45, 7) is 9.69. The van der Waals surface area contributed by atoms with Crippen LogP contribution >= 0.6 is 11.3 Å². The molecule has 0 saturated heterocycles. The quantitative estimate of drug-likeness (QED) is 0.318. The summed E-state index contributed by atoms with van der Waals surface area (Å²) in [7, 11) is 0. The molecule has 3 heterocycles. The Morgan fingerprint density at radius 2 is 1.97 bits per heavy atom. The molecule has 0 unspecified atom stereocenters. The number of nitrogens with zero attached hydrogens (tertiary/aromatic N) is 3. The number of carbonyl (C=O) groups is 1. The molecule has 0 amide bonds. The first-order valence-electron chi connectivity index (χ1n) is 12.5. The SMILES string of the molecule is CC(C)(C)c1csc(/C=C/c2cccc(Cn3c4c(c5ccccc53)CN(CCC(=O)O)CC4)c2)n1. The number of aromatic nitrogens is 2. The summed E-state index contributed by atoms with van der Waals surface area (Å²) in [6, 6.07) is 17.3. The first kappa shape index (κ1) is 24.5. The van der Waals surface area contributed by atoms with Crippen molar-refractivity contribution in [3.05, 3.63) is 87.0 Å². The van der Waals surface area contributed by atoms with Gasteiger partial charge in [-0.25, -0.2) is 4.98 Å². The fourth-order valence-corrected chi connectivity index (χ4v) is 5.87. The zero-order chi connectivity index (χ0) is 25.3. The molecule has 1 aliphatic heterocycles. The van der Waals surface area contributed by atoms with E-state index >= 15 is 0 Å². The van der Waals surface area contributed by atoms with Gasteiger partial charge in [-0.3, -0.25) is 9.69 Å². The summed E-state index contributed by atoms with van der Waals surface area (Å²) in [5.74, 6) is -0.735. The lowest BCUT2D eigenvalue weighted by Crippen LogP contribution is -2.32. The smallest absolute Gasteiger partial charge is 0.304 e. The third kappa shape index (κ3) is 5.30. The maximum atomic E-state index is 11.1. The van der Waals surface area contributed by atoms with Crippen molar-refractivity contribution in [2.24, 2.45) is 0 Å². The van der Waals surface area contributed by atoms with E-state index in [-0.39, 0.29) is 11.8 Å². The van der Waals surface area contributed by atoms with Gasteiger partial charge in [0.05, 0.1) is 12.1 Å². The van der Waals surface area contributed by atoms with Crippen LogP contribution in [0.25, 0.3) is 23.1 Å². The van der Waals surface area contributed by atoms with Crippen molar-refractivity contribution in [1.82, 2.24) is 14.5 Å². The Bertz CT molecular complexity index is 1420. The maximum absolute atomic E-state index is 11.1. The van der Waals surface area contributed by atoms with Crippen molar-refractivity contribution in [3.63, 3.8) is 0 Å². The van der Waals surface area contributed by atoms with Crippen LogP contribution in [-0.4, -0.2) is 38.6 Å². The third-order valence-electron chi connectivity index (χ3n) is 6.88. The molecule has 186 valence electrons. The number of benzene rings is 2. The Kier molecular flexibility index (Phi) is 6.82. The number of hydrogen-bond acceptors (Lipinski definition) is 4. The average Bonchev–Trinajstić information content (AvgIpc) is 3.46. The van der Waals surface area contributed by atoms with E-state index < -0.39 is 5.97 Å². The first-order valence-corrected chi connectivity index (χ1v) is 13.4. The van der Waals surface area contributed by atoms with Crippen molar-refractivity contribution >= 4 is 40.4 Å². The number of aliphatic carboxylic acids is 1. The summed E-state index contributed by atoms with van der Waals surface area (Å²) < 4.78 is 2.46. The molecule has 1 N–H and O–H groups in total. The number of fused-ring (bicyclic) bond motifs is 3. The van der Waals surface area contributed by atoms with Crippen LogP contribution in [0, 0.1) is 0 Å². The molecule has 36 heavy (non-hydrogen) atoms. The van der Waals surface area contributed by atoms with Crippen LogP contribution in [-0.2, 0) is 29.7 Å². The van der Waals surface area contributed by atoms with E-state index in [1.807, 2.05) is 0 Å². The van der Waals surface area contributed by atoms with Gasteiger partial charge < -0.3 is 9.67 Å². The molecule has 2 aromatic heterocycles. The largest absolute Gasteiger partial charge is 0.481 e. The van der Waals surface area contributed by atoms with Crippen LogP contribution in [0.3, 0.4) is 0 Å². The third-order valence-corrected chi connectivity index (χ3v) is 7.69. The molecule has 6 heteroatoms. The number of thiazole rings is 1. The minimum Gasteiger partial charge on any atom is -0.481 e. The molecule has 0 fully saturated rings. The molecule has 0 atom stereocenters. The lowest BCUT2D eigenvalue weighted by Gasteiger charge is -2.27.